The van der Waals surface area contributed by atoms with Crippen molar-refractivity contribution in [3.63, 3.8) is 0 Å². The molecule has 0 bridgehead atoms. The van der Waals surface area contributed by atoms with Crippen LogP contribution in [0.5, 0.6) is 11.5 Å². The van der Waals surface area contributed by atoms with Gasteiger partial charge in [-0.05, 0) is 75.4 Å². The average Bonchev–Trinajstić information content (AvgIpc) is 3.18. The van der Waals surface area contributed by atoms with E-state index in [0.717, 1.165) is 36.1 Å². The molecule has 0 spiro atoms. The maximum Gasteiger partial charge on any atom is 0.265 e. The van der Waals surface area contributed by atoms with Crippen LogP contribution in [0.15, 0.2) is 48.5 Å². The van der Waals surface area contributed by atoms with Crippen LogP contribution in [0.1, 0.15) is 47.5 Å². The zero-order valence-electron chi connectivity index (χ0n) is 19.2. The molecule has 0 saturated carbocycles. The van der Waals surface area contributed by atoms with Crippen LogP contribution in [0.3, 0.4) is 0 Å². The van der Waals surface area contributed by atoms with Crippen LogP contribution in [0, 0.1) is 0 Å². The zero-order chi connectivity index (χ0) is 24.1. The summed E-state index contributed by atoms with van der Waals surface area (Å²) in [5.74, 6) is 0.523. The molecule has 0 radical (unpaired) electrons. The van der Waals surface area contributed by atoms with Gasteiger partial charge in [0.05, 0.1) is 17.9 Å². The number of amides is 2. The largest absolute Gasteiger partial charge is 0.492 e. The molecule has 0 unspecified atom stereocenters. The predicted molar refractivity (Wildman–Crippen MR) is 137 cm³/mol. The van der Waals surface area contributed by atoms with E-state index < -0.39 is 6.10 Å². The van der Waals surface area contributed by atoms with Gasteiger partial charge in [-0.2, -0.15) is 0 Å². The topological polar surface area (TPSA) is 76.7 Å². The number of hydrogen-bond acceptors (Lipinski definition) is 5. The number of para-hydroxylation sites is 2. The molecule has 1 aromatic heterocycles. The van der Waals surface area contributed by atoms with Crippen LogP contribution < -0.4 is 20.1 Å². The third-order valence-corrected chi connectivity index (χ3v) is 6.99. The molecule has 34 heavy (non-hydrogen) atoms. The molecule has 1 aliphatic carbocycles. The number of benzene rings is 2. The second-order valence-electron chi connectivity index (χ2n) is 8.01. The first-order valence-corrected chi connectivity index (χ1v) is 12.6. The SMILES string of the molecule is CCOc1ccccc1NC(=O)c1c(NC(=O)[C@@H](C)Oc2cccc(Cl)c2)sc2c1CCCC2. The monoisotopic (exact) mass is 498 g/mol. The molecule has 0 fully saturated rings. The molecule has 1 aliphatic rings. The molecule has 4 rings (SSSR count). The molecule has 2 N–H and O–H groups in total. The predicted octanol–water partition coefficient (Wildman–Crippen LogP) is 6.34. The summed E-state index contributed by atoms with van der Waals surface area (Å²) in [5.41, 5.74) is 2.13. The van der Waals surface area contributed by atoms with Crippen molar-refractivity contribution in [2.24, 2.45) is 0 Å². The molecule has 2 amide bonds. The van der Waals surface area contributed by atoms with Gasteiger partial charge >= 0.3 is 0 Å². The first-order chi connectivity index (χ1) is 16.5. The number of aryl methyl sites for hydroxylation is 1. The lowest BCUT2D eigenvalue weighted by Gasteiger charge is -2.16. The van der Waals surface area contributed by atoms with Gasteiger partial charge in [-0.15, -0.1) is 11.3 Å². The number of halogens is 1. The van der Waals surface area contributed by atoms with Crippen molar-refractivity contribution >= 4 is 45.4 Å². The highest BCUT2D eigenvalue weighted by Gasteiger charge is 2.28. The quantitative estimate of drug-likeness (QED) is 0.380. The van der Waals surface area contributed by atoms with Crippen LogP contribution in [-0.2, 0) is 17.6 Å². The molecule has 0 saturated heterocycles. The fraction of sp³-hybridized carbons (Fsp3) is 0.308. The minimum absolute atomic E-state index is 0.259. The van der Waals surface area contributed by atoms with Gasteiger partial charge in [0.25, 0.3) is 11.8 Å². The normalized spacial score (nSPS) is 13.5. The first kappa shape index (κ1) is 24.1. The summed E-state index contributed by atoms with van der Waals surface area (Å²) in [7, 11) is 0. The number of fused-ring (bicyclic) bond motifs is 1. The van der Waals surface area contributed by atoms with Crippen LogP contribution in [0.25, 0.3) is 0 Å². The van der Waals surface area contributed by atoms with Crippen molar-refractivity contribution in [2.75, 3.05) is 17.2 Å². The summed E-state index contributed by atoms with van der Waals surface area (Å²) in [6.45, 7) is 4.06. The lowest BCUT2D eigenvalue weighted by atomic mass is 9.95. The standard InChI is InChI=1S/C26H27ClN2O4S/c1-3-32-21-13-6-5-12-20(21)28-25(31)23-19-11-4-7-14-22(19)34-26(23)29-24(30)16(2)33-18-10-8-9-17(27)15-18/h5-6,8-10,12-13,15-16H,3-4,7,11,14H2,1-2H3,(H,28,31)(H,29,30)/t16-/m1/s1. The number of nitrogens with one attached hydrogen (secondary N) is 2. The molecule has 8 heteroatoms. The van der Waals surface area contributed by atoms with Crippen LogP contribution >= 0.6 is 22.9 Å². The molecule has 1 atom stereocenters. The average molecular weight is 499 g/mol. The number of carbonyl (C=O) groups is 2. The number of ether oxygens (including phenoxy) is 2. The van der Waals surface area contributed by atoms with Gasteiger partial charge in [0.2, 0.25) is 0 Å². The van der Waals surface area contributed by atoms with E-state index in [1.807, 2.05) is 25.1 Å². The molecular formula is C26H27ClN2O4S. The Morgan fingerprint density at radius 3 is 2.68 bits per heavy atom. The van der Waals surface area contributed by atoms with Gasteiger partial charge in [0.15, 0.2) is 6.10 Å². The van der Waals surface area contributed by atoms with E-state index in [1.54, 1.807) is 37.3 Å². The van der Waals surface area contributed by atoms with Crippen molar-refractivity contribution in [3.05, 3.63) is 69.6 Å². The Hall–Kier alpha value is -3.03. The Kier molecular flexibility index (Phi) is 7.75. The van der Waals surface area contributed by atoms with Gasteiger partial charge in [0.1, 0.15) is 16.5 Å². The summed E-state index contributed by atoms with van der Waals surface area (Å²) in [5, 5.41) is 7.00. The lowest BCUT2D eigenvalue weighted by molar-refractivity contribution is -0.122. The van der Waals surface area contributed by atoms with Gasteiger partial charge in [-0.25, -0.2) is 0 Å². The number of rotatable bonds is 8. The molecule has 3 aromatic rings. The van der Waals surface area contributed by atoms with E-state index in [0.29, 0.717) is 39.4 Å². The van der Waals surface area contributed by atoms with E-state index >= 15 is 0 Å². The van der Waals surface area contributed by atoms with Crippen LogP contribution in [0.4, 0.5) is 10.7 Å². The third kappa shape index (κ3) is 5.54. The lowest BCUT2D eigenvalue weighted by Crippen LogP contribution is -2.30. The minimum Gasteiger partial charge on any atom is -0.492 e. The van der Waals surface area contributed by atoms with Crippen molar-refractivity contribution in [3.8, 4) is 11.5 Å². The highest BCUT2D eigenvalue weighted by atomic mass is 35.5. The fourth-order valence-corrected chi connectivity index (χ4v) is 5.41. The van der Waals surface area contributed by atoms with Crippen LogP contribution in [-0.4, -0.2) is 24.5 Å². The van der Waals surface area contributed by atoms with E-state index in [1.165, 1.54) is 11.3 Å². The maximum atomic E-state index is 13.4. The summed E-state index contributed by atoms with van der Waals surface area (Å²) in [6, 6.07) is 14.2. The first-order valence-electron chi connectivity index (χ1n) is 11.4. The summed E-state index contributed by atoms with van der Waals surface area (Å²) >= 11 is 7.49. The van der Waals surface area contributed by atoms with Crippen molar-refractivity contribution in [1.82, 2.24) is 0 Å². The van der Waals surface area contributed by atoms with E-state index in [4.69, 9.17) is 21.1 Å². The van der Waals surface area contributed by atoms with Crippen molar-refractivity contribution in [2.45, 2.75) is 45.6 Å². The molecule has 2 aromatic carbocycles. The van der Waals surface area contributed by atoms with Crippen molar-refractivity contribution < 1.29 is 19.1 Å². The Balaban J connectivity index is 1.57. The van der Waals surface area contributed by atoms with E-state index in [2.05, 4.69) is 10.6 Å². The summed E-state index contributed by atoms with van der Waals surface area (Å²) in [6.07, 6.45) is 3.03. The smallest absolute Gasteiger partial charge is 0.265 e. The molecule has 178 valence electrons. The third-order valence-electron chi connectivity index (χ3n) is 5.55. The Labute approximate surface area is 208 Å². The molecule has 0 aliphatic heterocycles. The zero-order valence-corrected chi connectivity index (χ0v) is 20.7. The summed E-state index contributed by atoms with van der Waals surface area (Å²) in [4.78, 5) is 27.6. The van der Waals surface area contributed by atoms with E-state index in [-0.39, 0.29) is 11.8 Å². The van der Waals surface area contributed by atoms with E-state index in [9.17, 15) is 9.59 Å². The summed E-state index contributed by atoms with van der Waals surface area (Å²) < 4.78 is 11.4. The highest BCUT2D eigenvalue weighted by Crippen LogP contribution is 2.39. The maximum absolute atomic E-state index is 13.4. The van der Waals surface area contributed by atoms with Crippen molar-refractivity contribution in [1.29, 1.82) is 0 Å². The van der Waals surface area contributed by atoms with Gasteiger partial charge in [-0.1, -0.05) is 29.8 Å². The molecule has 1 heterocycles. The van der Waals surface area contributed by atoms with Gasteiger partial charge < -0.3 is 20.1 Å². The number of thiophene rings is 1. The molecule has 6 nitrogen and oxygen atoms in total. The Bertz CT molecular complexity index is 1190. The highest BCUT2D eigenvalue weighted by molar-refractivity contribution is 7.17. The number of anilines is 2. The fourth-order valence-electron chi connectivity index (χ4n) is 3.94. The van der Waals surface area contributed by atoms with Crippen LogP contribution in [0.2, 0.25) is 5.02 Å². The van der Waals surface area contributed by atoms with Gasteiger partial charge in [-0.3, -0.25) is 9.59 Å². The second kappa shape index (κ2) is 10.9. The second-order valence-corrected chi connectivity index (χ2v) is 9.55. The molecular weight excluding hydrogens is 472 g/mol. The van der Waals surface area contributed by atoms with Gasteiger partial charge in [0, 0.05) is 9.90 Å². The Morgan fingerprint density at radius 1 is 1.09 bits per heavy atom. The minimum atomic E-state index is -0.771. The number of carbonyl (C=O) groups excluding carboxylic acids is 2. The Morgan fingerprint density at radius 2 is 1.88 bits per heavy atom. The number of hydrogen-bond donors (Lipinski definition) is 2.